The van der Waals surface area contributed by atoms with E-state index < -0.39 is 0 Å². The van der Waals surface area contributed by atoms with Crippen molar-refractivity contribution in [2.75, 3.05) is 12.3 Å². The number of carbonyl (C=O) groups excluding carboxylic acids is 1. The Labute approximate surface area is 120 Å². The molecular weight excluding hydrogens is 268 g/mol. The van der Waals surface area contributed by atoms with Crippen LogP contribution in [-0.2, 0) is 4.79 Å². The first-order valence-corrected chi connectivity index (χ1v) is 7.83. The van der Waals surface area contributed by atoms with Crippen LogP contribution in [-0.4, -0.2) is 29.0 Å². The Morgan fingerprint density at radius 2 is 2.17 bits per heavy atom. The highest BCUT2D eigenvalue weighted by molar-refractivity contribution is 8.00. The van der Waals surface area contributed by atoms with Crippen molar-refractivity contribution in [3.63, 3.8) is 0 Å². The number of hydrogen-bond acceptors (Lipinski definition) is 3. The van der Waals surface area contributed by atoms with Gasteiger partial charge in [-0.1, -0.05) is 12.8 Å². The Morgan fingerprint density at radius 1 is 1.39 bits per heavy atom. The molecule has 0 bridgehead atoms. The summed E-state index contributed by atoms with van der Waals surface area (Å²) in [7, 11) is 0. The summed E-state index contributed by atoms with van der Waals surface area (Å²) in [6.45, 7) is 2.86. The van der Waals surface area contributed by atoms with E-state index >= 15 is 0 Å². The molecule has 1 aliphatic carbocycles. The highest BCUT2D eigenvalue weighted by Crippen LogP contribution is 2.32. The molecular formula is C13H25ClN2OS. The molecule has 0 aromatic heterocycles. The second kappa shape index (κ2) is 7.01. The Hall–Kier alpha value is 0.0700. The Morgan fingerprint density at radius 3 is 2.78 bits per heavy atom. The van der Waals surface area contributed by atoms with Crippen molar-refractivity contribution < 1.29 is 4.79 Å². The second-order valence-corrected chi connectivity index (χ2v) is 7.09. The quantitative estimate of drug-likeness (QED) is 0.839. The van der Waals surface area contributed by atoms with Gasteiger partial charge in [0, 0.05) is 17.3 Å². The number of nitrogens with one attached hydrogen (secondary N) is 1. The van der Waals surface area contributed by atoms with Crippen molar-refractivity contribution >= 4 is 30.1 Å². The molecule has 18 heavy (non-hydrogen) atoms. The molecule has 0 spiro atoms. The molecule has 1 aliphatic heterocycles. The van der Waals surface area contributed by atoms with Gasteiger partial charge in [0.25, 0.3) is 0 Å². The molecule has 1 amide bonds. The zero-order valence-electron chi connectivity index (χ0n) is 11.1. The van der Waals surface area contributed by atoms with Crippen LogP contribution in [0.2, 0.25) is 0 Å². The lowest BCUT2D eigenvalue weighted by Gasteiger charge is -2.37. The fraction of sp³-hybridized carbons (Fsp3) is 0.923. The molecule has 106 valence electrons. The Bertz CT molecular complexity index is 280. The van der Waals surface area contributed by atoms with Gasteiger partial charge in [0.15, 0.2) is 0 Å². The van der Waals surface area contributed by atoms with Crippen LogP contribution in [0.15, 0.2) is 0 Å². The minimum absolute atomic E-state index is 0. The molecule has 0 aromatic rings. The third-order valence-electron chi connectivity index (χ3n) is 4.10. The van der Waals surface area contributed by atoms with Crippen molar-refractivity contribution in [2.45, 2.75) is 56.2 Å². The van der Waals surface area contributed by atoms with Gasteiger partial charge in [-0.05, 0) is 38.4 Å². The fourth-order valence-corrected chi connectivity index (χ4v) is 4.13. The number of carbonyl (C=O) groups is 1. The van der Waals surface area contributed by atoms with Gasteiger partial charge in [0.1, 0.15) is 0 Å². The lowest BCUT2D eigenvalue weighted by molar-refractivity contribution is -0.128. The van der Waals surface area contributed by atoms with Crippen molar-refractivity contribution in [3.05, 3.63) is 0 Å². The summed E-state index contributed by atoms with van der Waals surface area (Å²) in [6, 6.07) is 0. The van der Waals surface area contributed by atoms with E-state index in [2.05, 4.69) is 5.32 Å². The normalized spacial score (nSPS) is 35.9. The Kier molecular flexibility index (Phi) is 6.28. The molecule has 3 N–H and O–H groups in total. The molecule has 0 radical (unpaired) electrons. The van der Waals surface area contributed by atoms with E-state index in [1.165, 1.54) is 18.6 Å². The predicted octanol–water partition coefficient (Wildman–Crippen LogP) is 2.33. The van der Waals surface area contributed by atoms with Crippen LogP contribution in [0.25, 0.3) is 0 Å². The van der Waals surface area contributed by atoms with Crippen molar-refractivity contribution in [3.8, 4) is 0 Å². The number of amides is 1. The molecule has 1 saturated heterocycles. The van der Waals surface area contributed by atoms with Crippen LogP contribution < -0.4 is 11.1 Å². The molecule has 2 fully saturated rings. The number of hydrogen-bond donors (Lipinski definition) is 2. The lowest BCUT2D eigenvalue weighted by atomic mass is 9.74. The van der Waals surface area contributed by atoms with E-state index in [9.17, 15) is 4.79 Å². The van der Waals surface area contributed by atoms with Crippen molar-refractivity contribution in [1.82, 2.24) is 5.32 Å². The van der Waals surface area contributed by atoms with Gasteiger partial charge in [-0.2, -0.15) is 11.8 Å². The van der Waals surface area contributed by atoms with Gasteiger partial charge < -0.3 is 11.1 Å². The van der Waals surface area contributed by atoms with Gasteiger partial charge in [-0.3, -0.25) is 4.79 Å². The number of thioether (sulfide) groups is 1. The molecule has 0 aromatic carbocycles. The number of nitrogens with two attached hydrogens (primary N) is 1. The predicted molar refractivity (Wildman–Crippen MR) is 80.3 cm³/mol. The van der Waals surface area contributed by atoms with E-state index in [0.717, 1.165) is 32.2 Å². The standard InChI is InChI=1S/C13H24N2OS.ClH/c1-13(14)7-3-2-6-11(13)12(16)15-9-10-5-4-8-17-10;/h10-11H,2-9,14H2,1H3,(H,15,16);1H. The van der Waals surface area contributed by atoms with Gasteiger partial charge >= 0.3 is 0 Å². The highest BCUT2D eigenvalue weighted by atomic mass is 35.5. The van der Waals surface area contributed by atoms with Gasteiger partial charge in [-0.15, -0.1) is 12.4 Å². The molecule has 1 saturated carbocycles. The zero-order valence-corrected chi connectivity index (χ0v) is 12.7. The van der Waals surface area contributed by atoms with Crippen LogP contribution in [0.1, 0.15) is 45.4 Å². The minimum Gasteiger partial charge on any atom is -0.355 e. The maximum atomic E-state index is 12.2. The second-order valence-electron chi connectivity index (χ2n) is 5.68. The van der Waals surface area contributed by atoms with Gasteiger partial charge in [0.05, 0.1) is 5.92 Å². The largest absolute Gasteiger partial charge is 0.355 e. The maximum absolute atomic E-state index is 12.2. The summed E-state index contributed by atoms with van der Waals surface area (Å²) in [6.07, 6.45) is 6.77. The summed E-state index contributed by atoms with van der Waals surface area (Å²) < 4.78 is 0. The molecule has 5 heteroatoms. The summed E-state index contributed by atoms with van der Waals surface area (Å²) >= 11 is 1.98. The highest BCUT2D eigenvalue weighted by Gasteiger charge is 2.37. The molecule has 2 aliphatic rings. The van der Waals surface area contributed by atoms with Crippen LogP contribution in [0.3, 0.4) is 0 Å². The summed E-state index contributed by atoms with van der Waals surface area (Å²) in [4.78, 5) is 12.2. The smallest absolute Gasteiger partial charge is 0.224 e. The summed E-state index contributed by atoms with van der Waals surface area (Å²) in [5, 5.41) is 3.74. The third-order valence-corrected chi connectivity index (χ3v) is 5.50. The fourth-order valence-electron chi connectivity index (χ4n) is 2.93. The first-order valence-electron chi connectivity index (χ1n) is 6.78. The van der Waals surface area contributed by atoms with Gasteiger partial charge in [-0.25, -0.2) is 0 Å². The average molecular weight is 293 g/mol. The van der Waals surface area contributed by atoms with Crippen molar-refractivity contribution in [2.24, 2.45) is 11.7 Å². The van der Waals surface area contributed by atoms with E-state index in [4.69, 9.17) is 5.73 Å². The average Bonchev–Trinajstić information content (AvgIpc) is 2.78. The number of halogens is 1. The minimum atomic E-state index is -0.300. The monoisotopic (exact) mass is 292 g/mol. The van der Waals surface area contributed by atoms with E-state index in [1.807, 2.05) is 18.7 Å². The SMILES string of the molecule is CC1(N)CCCCC1C(=O)NCC1CCCS1.Cl. The summed E-state index contributed by atoms with van der Waals surface area (Å²) in [5.41, 5.74) is 5.94. The van der Waals surface area contributed by atoms with E-state index in [1.54, 1.807) is 0 Å². The molecule has 3 unspecified atom stereocenters. The van der Waals surface area contributed by atoms with Crippen LogP contribution >= 0.6 is 24.2 Å². The molecule has 3 atom stereocenters. The van der Waals surface area contributed by atoms with Crippen LogP contribution in [0.4, 0.5) is 0 Å². The van der Waals surface area contributed by atoms with Crippen molar-refractivity contribution in [1.29, 1.82) is 0 Å². The molecule has 3 nitrogen and oxygen atoms in total. The zero-order chi connectivity index (χ0) is 12.3. The van der Waals surface area contributed by atoms with Crippen LogP contribution in [0, 0.1) is 5.92 Å². The van der Waals surface area contributed by atoms with E-state index in [-0.39, 0.29) is 29.8 Å². The van der Waals surface area contributed by atoms with Gasteiger partial charge in [0.2, 0.25) is 5.91 Å². The van der Waals surface area contributed by atoms with Crippen LogP contribution in [0.5, 0.6) is 0 Å². The first kappa shape index (κ1) is 16.1. The Balaban J connectivity index is 0.00000162. The molecule has 2 rings (SSSR count). The third kappa shape index (κ3) is 4.04. The molecule has 1 heterocycles. The lowest BCUT2D eigenvalue weighted by Crippen LogP contribution is -2.53. The first-order chi connectivity index (χ1) is 8.09. The number of rotatable bonds is 3. The topological polar surface area (TPSA) is 55.1 Å². The van der Waals surface area contributed by atoms with E-state index in [0.29, 0.717) is 5.25 Å². The summed E-state index contributed by atoms with van der Waals surface area (Å²) in [5.74, 6) is 1.45. The maximum Gasteiger partial charge on any atom is 0.224 e.